The largest absolute Gasteiger partial charge is 0.345 e. The summed E-state index contributed by atoms with van der Waals surface area (Å²) in [4.78, 5) is 36.2. The Bertz CT molecular complexity index is 741. The van der Waals surface area contributed by atoms with Crippen molar-refractivity contribution >= 4 is 23.3 Å². The van der Waals surface area contributed by atoms with E-state index in [1.165, 1.54) is 0 Å². The summed E-state index contributed by atoms with van der Waals surface area (Å²) in [6, 6.07) is 16.2. The van der Waals surface area contributed by atoms with Crippen LogP contribution in [0.1, 0.15) is 17.0 Å². The molecular formula is C17H14N2O3. The number of carbonyl (C=O) groups is 3. The van der Waals surface area contributed by atoms with Crippen molar-refractivity contribution in [3.8, 4) is 0 Å². The summed E-state index contributed by atoms with van der Waals surface area (Å²) in [6.07, 6.45) is 0. The zero-order valence-corrected chi connectivity index (χ0v) is 11.7. The number of fused-ring (bicyclic) bond motifs is 1. The number of para-hydroxylation sites is 1. The van der Waals surface area contributed by atoms with Gasteiger partial charge in [-0.1, -0.05) is 48.5 Å². The van der Waals surface area contributed by atoms with Gasteiger partial charge >= 0.3 is 0 Å². The van der Waals surface area contributed by atoms with Crippen LogP contribution < -0.4 is 10.6 Å². The van der Waals surface area contributed by atoms with Crippen LogP contribution in [-0.2, 0) is 20.9 Å². The van der Waals surface area contributed by atoms with Gasteiger partial charge in [0.05, 0.1) is 0 Å². The highest BCUT2D eigenvalue weighted by molar-refractivity contribution is 6.44. The minimum absolute atomic E-state index is 0.251. The Morgan fingerprint density at radius 3 is 2.45 bits per heavy atom. The Balaban J connectivity index is 1.71. The fraction of sp³-hybridized carbons (Fsp3) is 0.118. The molecule has 1 aliphatic heterocycles. The first-order valence-corrected chi connectivity index (χ1v) is 6.92. The Labute approximate surface area is 127 Å². The van der Waals surface area contributed by atoms with Gasteiger partial charge in [-0.25, -0.2) is 0 Å². The lowest BCUT2D eigenvalue weighted by Gasteiger charge is -2.08. The second kappa shape index (κ2) is 5.81. The summed E-state index contributed by atoms with van der Waals surface area (Å²) in [5.41, 5.74) is 2.02. The lowest BCUT2D eigenvalue weighted by atomic mass is 9.95. The van der Waals surface area contributed by atoms with E-state index in [0.29, 0.717) is 11.3 Å². The molecule has 1 aliphatic rings. The number of ketones is 1. The molecule has 2 aromatic carbocycles. The second-order valence-corrected chi connectivity index (χ2v) is 5.04. The van der Waals surface area contributed by atoms with Crippen molar-refractivity contribution in [1.82, 2.24) is 5.32 Å². The molecule has 0 saturated carbocycles. The normalized spacial score (nSPS) is 15.8. The molecule has 2 aromatic rings. The van der Waals surface area contributed by atoms with Crippen molar-refractivity contribution in [2.45, 2.75) is 12.5 Å². The average molecular weight is 294 g/mol. The van der Waals surface area contributed by atoms with E-state index in [0.717, 1.165) is 5.56 Å². The Hall–Kier alpha value is -2.95. The third-order valence-corrected chi connectivity index (χ3v) is 3.57. The van der Waals surface area contributed by atoms with Gasteiger partial charge in [-0.05, 0) is 17.2 Å². The minimum Gasteiger partial charge on any atom is -0.345 e. The van der Waals surface area contributed by atoms with Crippen LogP contribution in [0.5, 0.6) is 0 Å². The molecule has 2 amide bonds. The molecule has 22 heavy (non-hydrogen) atoms. The minimum atomic E-state index is -1.06. The van der Waals surface area contributed by atoms with Crippen LogP contribution in [0.25, 0.3) is 0 Å². The number of amides is 2. The van der Waals surface area contributed by atoms with E-state index in [-0.39, 0.29) is 6.54 Å². The van der Waals surface area contributed by atoms with E-state index >= 15 is 0 Å². The van der Waals surface area contributed by atoms with Crippen molar-refractivity contribution in [1.29, 1.82) is 0 Å². The van der Waals surface area contributed by atoms with Gasteiger partial charge < -0.3 is 10.6 Å². The van der Waals surface area contributed by atoms with Crippen molar-refractivity contribution in [2.75, 3.05) is 5.32 Å². The predicted octanol–water partition coefficient (Wildman–Crippen LogP) is 1.61. The van der Waals surface area contributed by atoms with Crippen molar-refractivity contribution in [2.24, 2.45) is 0 Å². The molecule has 5 nitrogen and oxygen atoms in total. The summed E-state index contributed by atoms with van der Waals surface area (Å²) in [5.74, 6) is -3.01. The van der Waals surface area contributed by atoms with Gasteiger partial charge in [-0.15, -0.1) is 0 Å². The van der Waals surface area contributed by atoms with E-state index in [1.54, 1.807) is 24.3 Å². The van der Waals surface area contributed by atoms with Gasteiger partial charge in [0.15, 0.2) is 0 Å². The topological polar surface area (TPSA) is 75.3 Å². The molecule has 5 heteroatoms. The van der Waals surface area contributed by atoms with Gasteiger partial charge in [-0.2, -0.15) is 0 Å². The molecule has 0 aromatic heterocycles. The molecule has 0 saturated heterocycles. The summed E-state index contributed by atoms with van der Waals surface area (Å²) in [7, 11) is 0. The van der Waals surface area contributed by atoms with Gasteiger partial charge in [0.1, 0.15) is 5.92 Å². The van der Waals surface area contributed by atoms with Crippen molar-refractivity contribution in [3.05, 3.63) is 65.7 Å². The van der Waals surface area contributed by atoms with E-state index in [4.69, 9.17) is 0 Å². The van der Waals surface area contributed by atoms with Gasteiger partial charge in [0.25, 0.3) is 5.91 Å². The third-order valence-electron chi connectivity index (χ3n) is 3.57. The molecule has 0 spiro atoms. The molecule has 0 bridgehead atoms. The fourth-order valence-electron chi connectivity index (χ4n) is 2.47. The Kier molecular flexibility index (Phi) is 3.70. The quantitative estimate of drug-likeness (QED) is 0.664. The highest BCUT2D eigenvalue weighted by Gasteiger charge is 2.39. The van der Waals surface area contributed by atoms with E-state index in [1.807, 2.05) is 30.3 Å². The summed E-state index contributed by atoms with van der Waals surface area (Å²) >= 11 is 0. The summed E-state index contributed by atoms with van der Waals surface area (Å²) in [6.45, 7) is 0.251. The number of benzene rings is 2. The first-order chi connectivity index (χ1) is 10.7. The third kappa shape index (κ3) is 2.61. The maximum atomic E-state index is 12.3. The van der Waals surface area contributed by atoms with Crippen LogP contribution >= 0.6 is 0 Å². The molecule has 1 heterocycles. The van der Waals surface area contributed by atoms with E-state index in [9.17, 15) is 14.4 Å². The van der Waals surface area contributed by atoms with Gasteiger partial charge in [0, 0.05) is 12.2 Å². The monoisotopic (exact) mass is 294 g/mol. The smallest absolute Gasteiger partial charge is 0.288 e. The Morgan fingerprint density at radius 2 is 1.68 bits per heavy atom. The van der Waals surface area contributed by atoms with Crippen molar-refractivity contribution in [3.63, 3.8) is 0 Å². The highest BCUT2D eigenvalue weighted by Crippen LogP contribution is 2.32. The molecular weight excluding hydrogens is 280 g/mol. The first-order valence-electron chi connectivity index (χ1n) is 6.92. The molecule has 2 N–H and O–H groups in total. The number of hydrogen-bond acceptors (Lipinski definition) is 3. The maximum Gasteiger partial charge on any atom is 0.288 e. The second-order valence-electron chi connectivity index (χ2n) is 5.04. The number of anilines is 1. The van der Waals surface area contributed by atoms with Crippen molar-refractivity contribution < 1.29 is 14.4 Å². The summed E-state index contributed by atoms with van der Waals surface area (Å²) < 4.78 is 0. The van der Waals surface area contributed by atoms with Crippen LogP contribution in [0.2, 0.25) is 0 Å². The first kappa shape index (κ1) is 14.0. The summed E-state index contributed by atoms with van der Waals surface area (Å²) in [5, 5.41) is 5.18. The van der Waals surface area contributed by atoms with Crippen LogP contribution in [0.15, 0.2) is 54.6 Å². The van der Waals surface area contributed by atoms with Gasteiger partial charge in [0.2, 0.25) is 11.7 Å². The lowest BCUT2D eigenvalue weighted by molar-refractivity contribution is -0.140. The van der Waals surface area contributed by atoms with Crippen LogP contribution in [0.3, 0.4) is 0 Å². The predicted molar refractivity (Wildman–Crippen MR) is 81.1 cm³/mol. The van der Waals surface area contributed by atoms with Crippen LogP contribution in [-0.4, -0.2) is 17.6 Å². The average Bonchev–Trinajstić information content (AvgIpc) is 2.88. The van der Waals surface area contributed by atoms with E-state index < -0.39 is 23.5 Å². The van der Waals surface area contributed by atoms with Crippen LogP contribution in [0.4, 0.5) is 5.69 Å². The molecule has 0 fully saturated rings. The number of hydrogen-bond donors (Lipinski definition) is 2. The lowest BCUT2D eigenvalue weighted by Crippen LogP contribution is -2.36. The number of Topliss-reactive ketones (excluding diaryl/α,β-unsaturated/α-hetero) is 1. The number of carbonyl (C=O) groups excluding carboxylic acids is 3. The van der Waals surface area contributed by atoms with Gasteiger partial charge in [-0.3, -0.25) is 14.4 Å². The zero-order chi connectivity index (χ0) is 15.5. The molecule has 3 rings (SSSR count). The molecule has 0 radical (unpaired) electrons. The van der Waals surface area contributed by atoms with Crippen LogP contribution in [0, 0.1) is 0 Å². The standard InChI is InChI=1S/C17H14N2O3/c20-15(17(22)18-10-11-6-2-1-3-7-11)14-12-8-4-5-9-13(12)19-16(14)21/h1-9,14H,10H2,(H,18,22)(H,19,21)/t14-/m0/s1. The maximum absolute atomic E-state index is 12.3. The zero-order valence-electron chi connectivity index (χ0n) is 11.7. The molecule has 110 valence electrons. The molecule has 0 aliphatic carbocycles. The van der Waals surface area contributed by atoms with E-state index in [2.05, 4.69) is 10.6 Å². The number of nitrogens with one attached hydrogen (secondary N) is 2. The molecule has 0 unspecified atom stereocenters. The Morgan fingerprint density at radius 1 is 1.00 bits per heavy atom. The SMILES string of the molecule is O=C(NCc1ccccc1)C(=O)[C@H]1C(=O)Nc2ccccc21. The highest BCUT2D eigenvalue weighted by atomic mass is 16.2. The molecule has 1 atom stereocenters. The number of rotatable bonds is 4. The fourth-order valence-corrected chi connectivity index (χ4v) is 2.47.